The lowest BCUT2D eigenvalue weighted by Crippen LogP contribution is -2.50. The second kappa shape index (κ2) is 8.56. The summed E-state index contributed by atoms with van der Waals surface area (Å²) >= 11 is 1.06. The fraction of sp³-hybridized carbons (Fsp3) is 0.450. The van der Waals surface area contributed by atoms with Crippen LogP contribution in [0.2, 0.25) is 0 Å². The van der Waals surface area contributed by atoms with E-state index in [-0.39, 0.29) is 28.8 Å². The first-order valence-electron chi connectivity index (χ1n) is 10.3. The number of fused-ring (bicyclic) bond motifs is 1. The van der Waals surface area contributed by atoms with E-state index >= 15 is 0 Å². The predicted octanol–water partition coefficient (Wildman–Crippen LogP) is 1.84. The number of benzene rings is 1. The molecular weight excluding hydrogens is 438 g/mol. The van der Waals surface area contributed by atoms with Crippen LogP contribution in [0.1, 0.15) is 30.8 Å². The molecule has 1 fully saturated rings. The summed E-state index contributed by atoms with van der Waals surface area (Å²) < 4.78 is 31.8. The van der Waals surface area contributed by atoms with Crippen molar-refractivity contribution in [1.29, 1.82) is 0 Å². The van der Waals surface area contributed by atoms with Gasteiger partial charge in [0.05, 0.1) is 15.1 Å². The second-order valence-corrected chi connectivity index (χ2v) is 10.3. The van der Waals surface area contributed by atoms with Gasteiger partial charge in [0.25, 0.3) is 5.91 Å². The van der Waals surface area contributed by atoms with E-state index in [0.717, 1.165) is 23.3 Å². The molecule has 1 saturated heterocycles. The SMILES string of the molecule is CCCn1c(=O)sc2cc(S(=O)(=O)N3CCN(C(=O)c4ccn(CC)n4)CC3)ccc21. The molecule has 1 amide bonds. The molecule has 0 bridgehead atoms. The third-order valence-electron chi connectivity index (χ3n) is 5.43. The third-order valence-corrected chi connectivity index (χ3v) is 8.27. The zero-order chi connectivity index (χ0) is 22.2. The van der Waals surface area contributed by atoms with Crippen molar-refractivity contribution in [2.45, 2.75) is 38.3 Å². The molecule has 31 heavy (non-hydrogen) atoms. The lowest BCUT2D eigenvalue weighted by molar-refractivity contribution is 0.0691. The number of nitrogens with zero attached hydrogens (tertiary/aromatic N) is 5. The Labute approximate surface area is 184 Å². The smallest absolute Gasteiger partial charge is 0.308 e. The number of carbonyl (C=O) groups is 1. The minimum absolute atomic E-state index is 0.0796. The van der Waals surface area contributed by atoms with Gasteiger partial charge in [0.15, 0.2) is 0 Å². The van der Waals surface area contributed by atoms with Gasteiger partial charge in [-0.15, -0.1) is 0 Å². The topological polar surface area (TPSA) is 97.5 Å². The van der Waals surface area contributed by atoms with Crippen LogP contribution >= 0.6 is 11.3 Å². The van der Waals surface area contributed by atoms with E-state index < -0.39 is 10.0 Å². The van der Waals surface area contributed by atoms with E-state index in [1.54, 1.807) is 44.6 Å². The molecule has 9 nitrogen and oxygen atoms in total. The van der Waals surface area contributed by atoms with Crippen LogP contribution in [-0.4, -0.2) is 64.1 Å². The van der Waals surface area contributed by atoms with E-state index in [1.165, 1.54) is 4.31 Å². The molecule has 0 radical (unpaired) electrons. The van der Waals surface area contributed by atoms with Crippen molar-refractivity contribution in [2.75, 3.05) is 26.2 Å². The lowest BCUT2D eigenvalue weighted by atomic mass is 10.3. The highest BCUT2D eigenvalue weighted by atomic mass is 32.2. The number of thiazole rings is 1. The molecule has 1 aliphatic heterocycles. The second-order valence-electron chi connectivity index (χ2n) is 7.40. The fourth-order valence-corrected chi connectivity index (χ4v) is 6.22. The Bertz CT molecular complexity index is 1270. The molecule has 0 spiro atoms. The van der Waals surface area contributed by atoms with Gasteiger partial charge >= 0.3 is 4.87 Å². The Kier molecular flexibility index (Phi) is 6.00. The monoisotopic (exact) mass is 463 g/mol. The zero-order valence-corrected chi connectivity index (χ0v) is 19.2. The molecule has 0 aliphatic carbocycles. The number of hydrogen-bond donors (Lipinski definition) is 0. The number of aryl methyl sites for hydroxylation is 2. The highest BCUT2D eigenvalue weighted by molar-refractivity contribution is 7.89. The molecule has 11 heteroatoms. The summed E-state index contributed by atoms with van der Waals surface area (Å²) in [4.78, 5) is 26.6. The summed E-state index contributed by atoms with van der Waals surface area (Å²) in [7, 11) is -3.71. The number of hydrogen-bond acceptors (Lipinski definition) is 6. The fourth-order valence-electron chi connectivity index (χ4n) is 3.74. The molecule has 1 aromatic carbocycles. The molecule has 3 aromatic rings. The Morgan fingerprint density at radius 1 is 1.13 bits per heavy atom. The Morgan fingerprint density at radius 3 is 2.52 bits per heavy atom. The molecule has 166 valence electrons. The van der Waals surface area contributed by atoms with Gasteiger partial charge in [-0.3, -0.25) is 18.8 Å². The molecule has 0 unspecified atom stereocenters. The molecular formula is C20H25N5O4S2. The maximum Gasteiger partial charge on any atom is 0.308 e. The Morgan fingerprint density at radius 2 is 1.87 bits per heavy atom. The van der Waals surface area contributed by atoms with Crippen LogP contribution in [0.3, 0.4) is 0 Å². The van der Waals surface area contributed by atoms with Crippen molar-refractivity contribution in [3.8, 4) is 0 Å². The van der Waals surface area contributed by atoms with E-state index in [0.29, 0.717) is 36.6 Å². The highest BCUT2D eigenvalue weighted by Gasteiger charge is 2.31. The lowest BCUT2D eigenvalue weighted by Gasteiger charge is -2.33. The third kappa shape index (κ3) is 4.04. The van der Waals surface area contributed by atoms with Gasteiger partial charge in [0.1, 0.15) is 5.69 Å². The van der Waals surface area contributed by atoms with E-state index in [1.807, 2.05) is 13.8 Å². The van der Waals surface area contributed by atoms with Crippen LogP contribution in [0.4, 0.5) is 0 Å². The quantitative estimate of drug-likeness (QED) is 0.556. The largest absolute Gasteiger partial charge is 0.335 e. The maximum atomic E-state index is 13.2. The van der Waals surface area contributed by atoms with Crippen molar-refractivity contribution >= 4 is 37.5 Å². The summed E-state index contributed by atoms with van der Waals surface area (Å²) in [6.07, 6.45) is 2.58. The van der Waals surface area contributed by atoms with Gasteiger partial charge in [-0.05, 0) is 37.6 Å². The molecule has 2 aromatic heterocycles. The van der Waals surface area contributed by atoms with E-state index in [9.17, 15) is 18.0 Å². The summed E-state index contributed by atoms with van der Waals surface area (Å²) in [6.45, 7) is 6.27. The van der Waals surface area contributed by atoms with Crippen molar-refractivity contribution in [2.24, 2.45) is 0 Å². The summed E-state index contributed by atoms with van der Waals surface area (Å²) in [6, 6.07) is 6.53. The minimum Gasteiger partial charge on any atom is -0.335 e. The van der Waals surface area contributed by atoms with E-state index in [4.69, 9.17) is 0 Å². The number of amides is 1. The molecule has 0 atom stereocenters. The average molecular weight is 464 g/mol. The van der Waals surface area contributed by atoms with Crippen LogP contribution in [-0.2, 0) is 23.1 Å². The summed E-state index contributed by atoms with van der Waals surface area (Å²) in [5, 5.41) is 4.24. The first kappa shape index (κ1) is 21.7. The van der Waals surface area contributed by atoms with Gasteiger partial charge in [0, 0.05) is 45.5 Å². The molecule has 0 saturated carbocycles. The number of rotatable bonds is 6. The van der Waals surface area contributed by atoms with Crippen LogP contribution in [0.5, 0.6) is 0 Å². The number of carbonyl (C=O) groups excluding carboxylic acids is 1. The molecule has 1 aliphatic rings. The number of aromatic nitrogens is 3. The number of piperazine rings is 1. The Hall–Kier alpha value is -2.50. The maximum absolute atomic E-state index is 13.2. The summed E-state index contributed by atoms with van der Waals surface area (Å²) in [5.74, 6) is -0.187. The normalized spacial score (nSPS) is 15.6. The number of sulfonamides is 1. The van der Waals surface area contributed by atoms with Crippen molar-refractivity contribution < 1.29 is 13.2 Å². The standard InChI is InChI=1S/C20H25N5O4S2/c1-3-8-25-17-6-5-15(14-18(17)30-20(25)27)31(28,29)24-12-10-22(11-13-24)19(26)16-7-9-23(4-2)21-16/h5-7,9,14H,3-4,8,10-13H2,1-2H3. The molecule has 4 rings (SSSR count). The zero-order valence-electron chi connectivity index (χ0n) is 17.5. The van der Waals surface area contributed by atoms with Crippen molar-refractivity contribution in [3.63, 3.8) is 0 Å². The minimum atomic E-state index is -3.71. The average Bonchev–Trinajstić information content (AvgIpc) is 3.38. The summed E-state index contributed by atoms with van der Waals surface area (Å²) in [5.41, 5.74) is 1.13. The first-order chi connectivity index (χ1) is 14.8. The van der Waals surface area contributed by atoms with Crippen molar-refractivity contribution in [1.82, 2.24) is 23.6 Å². The van der Waals surface area contributed by atoms with Crippen LogP contribution in [0.15, 0.2) is 40.2 Å². The van der Waals surface area contributed by atoms with E-state index in [2.05, 4.69) is 5.10 Å². The predicted molar refractivity (Wildman–Crippen MR) is 119 cm³/mol. The van der Waals surface area contributed by atoms with Crippen LogP contribution in [0, 0.1) is 0 Å². The van der Waals surface area contributed by atoms with Crippen LogP contribution in [0.25, 0.3) is 10.2 Å². The van der Waals surface area contributed by atoms with Gasteiger partial charge < -0.3 is 4.90 Å². The van der Waals surface area contributed by atoms with Gasteiger partial charge in [0.2, 0.25) is 10.0 Å². The van der Waals surface area contributed by atoms with Crippen LogP contribution < -0.4 is 4.87 Å². The molecule has 3 heterocycles. The van der Waals surface area contributed by atoms with Gasteiger partial charge in [-0.1, -0.05) is 18.3 Å². The highest BCUT2D eigenvalue weighted by Crippen LogP contribution is 2.25. The first-order valence-corrected chi connectivity index (χ1v) is 12.6. The Balaban J connectivity index is 1.50. The molecule has 0 N–H and O–H groups in total. The van der Waals surface area contributed by atoms with Gasteiger partial charge in [-0.2, -0.15) is 9.40 Å². The van der Waals surface area contributed by atoms with Crippen molar-refractivity contribution in [3.05, 3.63) is 45.8 Å². The van der Waals surface area contributed by atoms with Gasteiger partial charge in [-0.25, -0.2) is 8.42 Å².